The summed E-state index contributed by atoms with van der Waals surface area (Å²) in [7, 11) is 1.58. The van der Waals surface area contributed by atoms with Gasteiger partial charge in [0, 0.05) is 38.2 Å². The maximum absolute atomic E-state index is 13.8. The molecule has 0 spiro atoms. The normalized spacial score (nSPS) is 33.4. The molecular weight excluding hydrogens is 498 g/mol. The third-order valence-electron chi connectivity index (χ3n) is 11.1. The van der Waals surface area contributed by atoms with Crippen LogP contribution in [0.15, 0.2) is 47.1 Å². The maximum Gasteiger partial charge on any atom is 0.176 e. The van der Waals surface area contributed by atoms with E-state index < -0.39 is 5.41 Å². The number of aliphatic hydroxyl groups excluding tert-OH is 1. The van der Waals surface area contributed by atoms with Gasteiger partial charge in [-0.15, -0.1) is 0 Å². The number of ether oxygens (including phenoxy) is 1. The summed E-state index contributed by atoms with van der Waals surface area (Å²) in [5.41, 5.74) is 5.65. The third kappa shape index (κ3) is 4.39. The molecule has 5 aliphatic rings. The first kappa shape index (κ1) is 27.5. The number of rotatable bonds is 5. The Morgan fingerprint density at radius 1 is 1.10 bits per heavy atom. The van der Waals surface area contributed by atoms with Crippen molar-refractivity contribution < 1.29 is 19.4 Å². The number of carbonyl (C=O) groups excluding carboxylic acids is 2. The minimum atomic E-state index is -0.822. The van der Waals surface area contributed by atoms with Gasteiger partial charge >= 0.3 is 0 Å². The fourth-order valence-electron chi connectivity index (χ4n) is 9.23. The van der Waals surface area contributed by atoms with E-state index in [-0.39, 0.29) is 36.1 Å². The number of hydrogen-bond donors (Lipinski definition) is 1. The zero-order valence-corrected chi connectivity index (χ0v) is 24.1. The molecule has 1 aromatic carbocycles. The maximum atomic E-state index is 13.8. The highest BCUT2D eigenvalue weighted by Gasteiger charge is 2.65. The van der Waals surface area contributed by atoms with Crippen molar-refractivity contribution in [3.8, 4) is 11.8 Å². The van der Waals surface area contributed by atoms with Crippen molar-refractivity contribution in [3.63, 3.8) is 0 Å². The van der Waals surface area contributed by atoms with Crippen LogP contribution in [0.4, 0.5) is 5.69 Å². The molecule has 3 fully saturated rings. The van der Waals surface area contributed by atoms with Gasteiger partial charge < -0.3 is 14.7 Å². The average molecular weight is 542 g/mol. The Morgan fingerprint density at radius 3 is 2.60 bits per heavy atom. The topological polar surface area (TPSA) is 66.8 Å². The highest BCUT2D eigenvalue weighted by atomic mass is 16.5. The summed E-state index contributed by atoms with van der Waals surface area (Å²) in [5, 5.41) is 9.67. The summed E-state index contributed by atoms with van der Waals surface area (Å²) in [5.74, 6) is 7.46. The van der Waals surface area contributed by atoms with Crippen LogP contribution in [0.2, 0.25) is 0 Å². The Labute approximate surface area is 239 Å². The van der Waals surface area contributed by atoms with E-state index in [0.29, 0.717) is 24.7 Å². The molecule has 1 heterocycles. The van der Waals surface area contributed by atoms with Gasteiger partial charge in [-0.1, -0.05) is 36.5 Å². The number of hydrogen-bond acceptors (Lipinski definition) is 5. The average Bonchev–Trinajstić information content (AvgIpc) is 3.28. The predicted molar refractivity (Wildman–Crippen MR) is 157 cm³/mol. The first-order valence-electron chi connectivity index (χ1n) is 15.4. The lowest BCUT2D eigenvalue weighted by atomic mass is 9.48. The van der Waals surface area contributed by atoms with Crippen molar-refractivity contribution in [3.05, 3.63) is 52.6 Å². The number of fused-ring (bicyclic) bond motifs is 4. The molecule has 40 heavy (non-hydrogen) atoms. The van der Waals surface area contributed by atoms with Gasteiger partial charge in [0.2, 0.25) is 0 Å². The molecule has 1 N–H and O–H groups in total. The quantitative estimate of drug-likeness (QED) is 0.479. The van der Waals surface area contributed by atoms with Crippen molar-refractivity contribution in [2.24, 2.45) is 22.7 Å². The van der Waals surface area contributed by atoms with Crippen molar-refractivity contribution >= 4 is 17.3 Å². The summed E-state index contributed by atoms with van der Waals surface area (Å²) in [4.78, 5) is 28.7. The molecule has 6 rings (SSSR count). The number of allylic oxidation sites excluding steroid dienone is 4. The summed E-state index contributed by atoms with van der Waals surface area (Å²) in [6.07, 6.45) is 11.6. The number of anilines is 1. The molecule has 5 heteroatoms. The summed E-state index contributed by atoms with van der Waals surface area (Å²) in [6, 6.07) is 9.23. The van der Waals surface area contributed by atoms with Crippen LogP contribution in [0.5, 0.6) is 0 Å². The van der Waals surface area contributed by atoms with E-state index in [9.17, 15) is 14.7 Å². The molecule has 1 saturated heterocycles. The summed E-state index contributed by atoms with van der Waals surface area (Å²) >= 11 is 0. The second-order valence-electron chi connectivity index (χ2n) is 12.9. The Hall–Kier alpha value is -2.68. The molecule has 1 aromatic rings. The van der Waals surface area contributed by atoms with Gasteiger partial charge in [-0.25, -0.2) is 0 Å². The first-order chi connectivity index (χ1) is 19.4. The second kappa shape index (κ2) is 11.0. The van der Waals surface area contributed by atoms with Crippen molar-refractivity contribution in [2.75, 3.05) is 38.3 Å². The third-order valence-corrected chi connectivity index (χ3v) is 11.1. The molecule has 0 unspecified atom stereocenters. The smallest absolute Gasteiger partial charge is 0.176 e. The van der Waals surface area contributed by atoms with Crippen LogP contribution >= 0.6 is 0 Å². The molecule has 4 aliphatic carbocycles. The summed E-state index contributed by atoms with van der Waals surface area (Å²) in [6.45, 7) is 4.35. The van der Waals surface area contributed by atoms with E-state index in [0.717, 1.165) is 45.2 Å². The number of nitrogens with zero attached hydrogens (tertiary/aromatic N) is 1. The fourth-order valence-corrected chi connectivity index (χ4v) is 9.23. The van der Waals surface area contributed by atoms with Crippen LogP contribution in [-0.4, -0.2) is 50.1 Å². The Morgan fingerprint density at radius 2 is 1.88 bits per heavy atom. The molecule has 1 aliphatic heterocycles. The van der Waals surface area contributed by atoms with Crippen LogP contribution in [0.25, 0.3) is 0 Å². The van der Waals surface area contributed by atoms with E-state index in [1.807, 2.05) is 6.08 Å². The molecule has 2 saturated carbocycles. The molecule has 0 bridgehead atoms. The number of aliphatic hydroxyl groups is 1. The number of methoxy groups -OCH3 is 1. The van der Waals surface area contributed by atoms with E-state index in [1.165, 1.54) is 47.2 Å². The standard InChI is InChI=1S/C35H43NO4/c1-34-22-30(24-7-10-26(11-8-24)36-18-4-3-5-19-36)33-28-14-12-27(38)21-25(28)9-13-29(33)31(34)15-17-35(34,16-6-20-37)32(39)23-40-2/h7-8,10-11,21,29-31,37H,3-5,9,12-15,17-20,22-23H2,1-2H3/t29-,30+,31-,34-,35+/m0/s1. The monoisotopic (exact) mass is 541 g/mol. The van der Waals surface area contributed by atoms with E-state index in [2.05, 4.69) is 47.9 Å². The predicted octanol–water partition coefficient (Wildman–Crippen LogP) is 5.77. The SMILES string of the molecule is COCC(=O)[C@@]1(C#CCO)CC[C@H]2[C@@H]3CCC4=CC(=O)CCC4=C3[C@@H](c3ccc(N4CCCCC4)cc3)C[C@@]21C. The number of Topliss-reactive ketones (excluding diaryl/α,β-unsaturated/α-hetero) is 1. The highest BCUT2D eigenvalue weighted by molar-refractivity contribution is 5.93. The van der Waals surface area contributed by atoms with Crippen LogP contribution < -0.4 is 4.90 Å². The van der Waals surface area contributed by atoms with Gasteiger partial charge in [-0.2, -0.15) is 0 Å². The lowest BCUT2D eigenvalue weighted by Gasteiger charge is -2.54. The summed E-state index contributed by atoms with van der Waals surface area (Å²) < 4.78 is 5.38. The van der Waals surface area contributed by atoms with Crippen LogP contribution in [0.1, 0.15) is 82.6 Å². The van der Waals surface area contributed by atoms with Crippen molar-refractivity contribution in [1.82, 2.24) is 0 Å². The Balaban J connectivity index is 1.47. The molecule has 212 valence electrons. The van der Waals surface area contributed by atoms with Gasteiger partial charge in [0.1, 0.15) is 13.2 Å². The fraction of sp³-hybridized carbons (Fsp3) is 0.600. The number of piperidine rings is 1. The number of benzene rings is 1. The van der Waals surface area contributed by atoms with E-state index in [4.69, 9.17) is 4.74 Å². The molecule has 0 radical (unpaired) electrons. The number of carbonyl (C=O) groups is 2. The lowest BCUT2D eigenvalue weighted by molar-refractivity contribution is -0.136. The van der Waals surface area contributed by atoms with Crippen molar-refractivity contribution in [1.29, 1.82) is 0 Å². The van der Waals surface area contributed by atoms with Gasteiger partial charge in [-0.05, 0) is 110 Å². The number of ketones is 2. The van der Waals surface area contributed by atoms with E-state index in [1.54, 1.807) is 7.11 Å². The largest absolute Gasteiger partial charge is 0.384 e. The molecule has 0 aromatic heterocycles. The molecular formula is C35H43NO4. The zero-order valence-electron chi connectivity index (χ0n) is 24.1. The molecule has 0 amide bonds. The highest BCUT2D eigenvalue weighted by Crippen LogP contribution is 2.69. The van der Waals surface area contributed by atoms with Crippen LogP contribution in [-0.2, 0) is 14.3 Å². The van der Waals surface area contributed by atoms with Crippen LogP contribution in [0.3, 0.4) is 0 Å². The molecule has 5 nitrogen and oxygen atoms in total. The second-order valence-corrected chi connectivity index (χ2v) is 12.9. The zero-order chi connectivity index (χ0) is 27.9. The van der Waals surface area contributed by atoms with Crippen LogP contribution in [0, 0.1) is 34.5 Å². The lowest BCUT2D eigenvalue weighted by Crippen LogP contribution is -2.51. The van der Waals surface area contributed by atoms with Crippen molar-refractivity contribution in [2.45, 2.75) is 77.0 Å². The van der Waals surface area contributed by atoms with E-state index >= 15 is 0 Å². The van der Waals surface area contributed by atoms with Gasteiger partial charge in [0.25, 0.3) is 0 Å². The van der Waals surface area contributed by atoms with Gasteiger partial charge in [-0.3, -0.25) is 9.59 Å². The molecule has 5 atom stereocenters. The Kier molecular flexibility index (Phi) is 7.53. The minimum absolute atomic E-state index is 0.0469. The van der Waals surface area contributed by atoms with Gasteiger partial charge in [0.15, 0.2) is 11.6 Å². The Bertz CT molecular complexity index is 1290. The van der Waals surface area contributed by atoms with Gasteiger partial charge in [0.05, 0.1) is 5.41 Å². The first-order valence-corrected chi connectivity index (χ1v) is 15.4. The minimum Gasteiger partial charge on any atom is -0.384 e.